The van der Waals surface area contributed by atoms with Gasteiger partial charge < -0.3 is 5.32 Å². The van der Waals surface area contributed by atoms with Crippen molar-refractivity contribution in [2.75, 3.05) is 0 Å². The molecule has 0 spiro atoms. The monoisotopic (exact) mass is 291 g/mol. The van der Waals surface area contributed by atoms with Crippen LogP contribution in [0.5, 0.6) is 0 Å². The third-order valence-electron chi connectivity index (χ3n) is 2.20. The lowest BCUT2D eigenvalue weighted by Gasteiger charge is -2.17. The molecule has 1 unspecified atom stereocenters. The van der Waals surface area contributed by atoms with E-state index in [-0.39, 0.29) is 6.04 Å². The number of rotatable bonds is 4. The minimum atomic E-state index is -2.97. The number of hydrogen-bond acceptors (Lipinski definition) is 1. The molecule has 16 heavy (non-hydrogen) atoms. The molecule has 5 heteroatoms. The Bertz CT molecular complexity index is 354. The van der Waals surface area contributed by atoms with Gasteiger partial charge in [-0.3, -0.25) is 4.79 Å². The van der Waals surface area contributed by atoms with Crippen LogP contribution < -0.4 is 5.32 Å². The van der Waals surface area contributed by atoms with E-state index in [1.165, 1.54) is 0 Å². The molecule has 0 aromatic heterocycles. The SMILES string of the molecule is CCC(NC(=O)C(F)F)c1ccc(Br)cc1. The minimum Gasteiger partial charge on any atom is -0.344 e. The minimum absolute atomic E-state index is 0.366. The van der Waals surface area contributed by atoms with Crippen LogP contribution in [0.15, 0.2) is 28.7 Å². The Labute approximate surface area is 101 Å². The molecule has 0 fully saturated rings. The standard InChI is InChI=1S/C11H12BrF2NO/c1-2-9(15-11(16)10(13)14)7-3-5-8(12)6-4-7/h3-6,9-10H,2H2,1H3,(H,15,16). The van der Waals surface area contributed by atoms with E-state index in [2.05, 4.69) is 21.2 Å². The molecule has 0 heterocycles. The highest BCUT2D eigenvalue weighted by atomic mass is 79.9. The van der Waals surface area contributed by atoms with E-state index in [1.807, 2.05) is 19.1 Å². The molecule has 0 bridgehead atoms. The van der Waals surface area contributed by atoms with Crippen LogP contribution in [0.1, 0.15) is 24.9 Å². The maximum atomic E-state index is 12.1. The average Bonchev–Trinajstić information content (AvgIpc) is 2.26. The summed E-state index contributed by atoms with van der Waals surface area (Å²) in [5.41, 5.74) is 0.819. The summed E-state index contributed by atoms with van der Waals surface area (Å²) in [6, 6.07) is 6.85. The summed E-state index contributed by atoms with van der Waals surface area (Å²) in [5.74, 6) is -1.23. The van der Waals surface area contributed by atoms with E-state index in [1.54, 1.807) is 12.1 Å². The van der Waals surface area contributed by atoms with Crippen LogP contribution in [-0.2, 0) is 4.79 Å². The first-order valence-corrected chi connectivity index (χ1v) is 5.68. The molecular formula is C11H12BrF2NO. The van der Waals surface area contributed by atoms with Crippen molar-refractivity contribution >= 4 is 21.8 Å². The Morgan fingerprint density at radius 3 is 2.38 bits per heavy atom. The Balaban J connectivity index is 2.74. The van der Waals surface area contributed by atoms with Crippen molar-refractivity contribution in [1.82, 2.24) is 5.32 Å². The van der Waals surface area contributed by atoms with Crippen LogP contribution in [0.2, 0.25) is 0 Å². The van der Waals surface area contributed by atoms with Gasteiger partial charge in [0.1, 0.15) is 0 Å². The molecule has 1 atom stereocenters. The fourth-order valence-corrected chi connectivity index (χ4v) is 1.62. The number of hydrogen-bond donors (Lipinski definition) is 1. The second-order valence-corrected chi connectivity index (χ2v) is 4.24. The second kappa shape index (κ2) is 5.94. The molecule has 0 aliphatic carbocycles. The summed E-state index contributed by atoms with van der Waals surface area (Å²) in [4.78, 5) is 10.9. The summed E-state index contributed by atoms with van der Waals surface area (Å²) in [5, 5.41) is 2.30. The van der Waals surface area contributed by atoms with Gasteiger partial charge in [0.25, 0.3) is 5.91 Å². The first-order chi connectivity index (χ1) is 7.54. The van der Waals surface area contributed by atoms with Gasteiger partial charge in [-0.15, -0.1) is 0 Å². The average molecular weight is 292 g/mol. The van der Waals surface area contributed by atoms with Gasteiger partial charge in [0, 0.05) is 4.47 Å². The zero-order chi connectivity index (χ0) is 12.1. The Hall–Kier alpha value is -0.970. The number of amides is 1. The molecule has 1 N–H and O–H groups in total. The largest absolute Gasteiger partial charge is 0.344 e. The Morgan fingerprint density at radius 2 is 1.94 bits per heavy atom. The highest BCUT2D eigenvalue weighted by molar-refractivity contribution is 9.10. The Morgan fingerprint density at radius 1 is 1.38 bits per heavy atom. The van der Waals surface area contributed by atoms with E-state index < -0.39 is 12.3 Å². The van der Waals surface area contributed by atoms with E-state index >= 15 is 0 Å². The van der Waals surface area contributed by atoms with Crippen LogP contribution in [-0.4, -0.2) is 12.3 Å². The van der Waals surface area contributed by atoms with Crippen LogP contribution in [0.3, 0.4) is 0 Å². The number of alkyl halides is 2. The van der Waals surface area contributed by atoms with Crippen LogP contribution in [0.25, 0.3) is 0 Å². The molecule has 1 rings (SSSR count). The van der Waals surface area contributed by atoms with Gasteiger partial charge in [-0.25, -0.2) is 0 Å². The van der Waals surface area contributed by atoms with Crippen molar-refractivity contribution in [1.29, 1.82) is 0 Å². The molecule has 0 saturated carbocycles. The topological polar surface area (TPSA) is 29.1 Å². The van der Waals surface area contributed by atoms with E-state index in [4.69, 9.17) is 0 Å². The number of nitrogens with one attached hydrogen (secondary N) is 1. The van der Waals surface area contributed by atoms with Gasteiger partial charge in [0.05, 0.1) is 6.04 Å². The zero-order valence-electron chi connectivity index (χ0n) is 8.71. The van der Waals surface area contributed by atoms with Crippen molar-refractivity contribution in [3.05, 3.63) is 34.3 Å². The maximum absolute atomic E-state index is 12.1. The van der Waals surface area contributed by atoms with Gasteiger partial charge in [-0.2, -0.15) is 8.78 Å². The molecule has 88 valence electrons. The Kier molecular flexibility index (Phi) is 4.86. The fourth-order valence-electron chi connectivity index (χ4n) is 1.35. The normalized spacial score (nSPS) is 12.6. The van der Waals surface area contributed by atoms with Crippen molar-refractivity contribution in [3.63, 3.8) is 0 Å². The molecule has 0 aliphatic rings. The molecule has 1 aromatic rings. The smallest absolute Gasteiger partial charge is 0.315 e. The number of benzene rings is 1. The van der Waals surface area contributed by atoms with E-state index in [0.29, 0.717) is 6.42 Å². The highest BCUT2D eigenvalue weighted by Gasteiger charge is 2.19. The summed E-state index contributed by atoms with van der Waals surface area (Å²) >= 11 is 3.28. The summed E-state index contributed by atoms with van der Waals surface area (Å²) in [7, 11) is 0. The van der Waals surface area contributed by atoms with Crippen LogP contribution in [0.4, 0.5) is 8.78 Å². The summed E-state index contributed by atoms with van der Waals surface area (Å²) in [6.45, 7) is 1.83. The molecule has 0 saturated heterocycles. The molecule has 0 aliphatic heterocycles. The molecular weight excluding hydrogens is 280 g/mol. The van der Waals surface area contributed by atoms with Crippen molar-refractivity contribution in [2.45, 2.75) is 25.8 Å². The van der Waals surface area contributed by atoms with Crippen LogP contribution >= 0.6 is 15.9 Å². The molecule has 1 aromatic carbocycles. The predicted octanol–water partition coefficient (Wildman–Crippen LogP) is 3.28. The summed E-state index contributed by atoms with van der Waals surface area (Å²) in [6.07, 6.45) is -2.40. The van der Waals surface area contributed by atoms with Gasteiger partial charge in [-0.1, -0.05) is 35.0 Å². The lowest BCUT2D eigenvalue weighted by molar-refractivity contribution is -0.132. The first-order valence-electron chi connectivity index (χ1n) is 4.88. The van der Waals surface area contributed by atoms with Crippen molar-refractivity contribution in [3.8, 4) is 0 Å². The van der Waals surface area contributed by atoms with Crippen molar-refractivity contribution in [2.24, 2.45) is 0 Å². The molecule has 0 radical (unpaired) electrons. The quantitative estimate of drug-likeness (QED) is 0.906. The number of carbonyl (C=O) groups is 1. The predicted molar refractivity (Wildman–Crippen MR) is 61.3 cm³/mol. The first kappa shape index (κ1) is 13.1. The fraction of sp³-hybridized carbons (Fsp3) is 0.364. The van der Waals surface area contributed by atoms with Crippen molar-refractivity contribution < 1.29 is 13.6 Å². The lowest BCUT2D eigenvalue weighted by atomic mass is 10.0. The van der Waals surface area contributed by atoms with Gasteiger partial charge in [0.15, 0.2) is 0 Å². The zero-order valence-corrected chi connectivity index (χ0v) is 10.3. The molecule has 1 amide bonds. The highest BCUT2D eigenvalue weighted by Crippen LogP contribution is 2.19. The lowest BCUT2D eigenvalue weighted by Crippen LogP contribution is -2.32. The number of carbonyl (C=O) groups excluding carboxylic acids is 1. The number of halogens is 3. The van der Waals surface area contributed by atoms with Crippen LogP contribution in [0, 0.1) is 0 Å². The van der Waals surface area contributed by atoms with E-state index in [9.17, 15) is 13.6 Å². The van der Waals surface area contributed by atoms with E-state index in [0.717, 1.165) is 10.0 Å². The third-order valence-corrected chi connectivity index (χ3v) is 2.72. The van der Waals surface area contributed by atoms with Gasteiger partial charge in [-0.05, 0) is 24.1 Å². The third kappa shape index (κ3) is 3.56. The maximum Gasteiger partial charge on any atom is 0.315 e. The second-order valence-electron chi connectivity index (χ2n) is 3.32. The van der Waals surface area contributed by atoms with Gasteiger partial charge >= 0.3 is 6.43 Å². The summed E-state index contributed by atoms with van der Waals surface area (Å²) < 4.78 is 25.1. The molecule has 2 nitrogen and oxygen atoms in total. The van der Waals surface area contributed by atoms with Gasteiger partial charge in [0.2, 0.25) is 0 Å².